The van der Waals surface area contributed by atoms with Crippen molar-refractivity contribution in [3.63, 3.8) is 0 Å². The van der Waals surface area contributed by atoms with Gasteiger partial charge in [-0.3, -0.25) is 0 Å². The number of nitrogens with one attached hydrogen (secondary N) is 2. The van der Waals surface area contributed by atoms with E-state index in [1.165, 1.54) is 0 Å². The van der Waals surface area contributed by atoms with Crippen molar-refractivity contribution < 1.29 is 14.3 Å². The zero-order chi connectivity index (χ0) is 18.1. The number of furan rings is 1. The van der Waals surface area contributed by atoms with Crippen LogP contribution in [0.3, 0.4) is 0 Å². The second-order valence-electron chi connectivity index (χ2n) is 5.84. The molecule has 26 heavy (non-hydrogen) atoms. The normalized spacial score (nSPS) is 13.5. The van der Waals surface area contributed by atoms with E-state index in [9.17, 15) is 5.11 Å². The predicted octanol–water partition coefficient (Wildman–Crippen LogP) is 3.26. The van der Waals surface area contributed by atoms with Crippen molar-refractivity contribution in [2.45, 2.75) is 32.9 Å². The number of aliphatic imine (C=N–C) groups is 1. The average Bonchev–Trinajstić information content (AvgIpc) is 3.14. The van der Waals surface area contributed by atoms with Gasteiger partial charge in [-0.15, -0.1) is 24.0 Å². The van der Waals surface area contributed by atoms with Crippen LogP contribution in [-0.4, -0.2) is 30.8 Å². The molecule has 0 aliphatic carbocycles. The van der Waals surface area contributed by atoms with Crippen molar-refractivity contribution in [2.24, 2.45) is 4.99 Å². The first kappa shape index (κ1) is 22.3. The highest BCUT2D eigenvalue weighted by Crippen LogP contribution is 2.20. The van der Waals surface area contributed by atoms with Gasteiger partial charge in [-0.25, -0.2) is 4.99 Å². The summed E-state index contributed by atoms with van der Waals surface area (Å²) < 4.78 is 10.9. The Morgan fingerprint density at radius 2 is 1.96 bits per heavy atom. The lowest BCUT2D eigenvalue weighted by atomic mass is 10.0. The van der Waals surface area contributed by atoms with Crippen LogP contribution in [0.2, 0.25) is 0 Å². The van der Waals surface area contributed by atoms with Crippen molar-refractivity contribution in [1.29, 1.82) is 0 Å². The van der Waals surface area contributed by atoms with Crippen LogP contribution >= 0.6 is 24.0 Å². The Morgan fingerprint density at radius 1 is 1.19 bits per heavy atom. The first-order chi connectivity index (χ1) is 12.1. The molecule has 0 saturated heterocycles. The molecule has 0 saturated carbocycles. The van der Waals surface area contributed by atoms with Crippen LogP contribution in [-0.2, 0) is 12.1 Å². The van der Waals surface area contributed by atoms with Gasteiger partial charge >= 0.3 is 0 Å². The fraction of sp³-hybridized carbons (Fsp3) is 0.421. The van der Waals surface area contributed by atoms with Gasteiger partial charge in [0.15, 0.2) is 5.96 Å². The smallest absolute Gasteiger partial charge is 0.191 e. The Kier molecular flexibility index (Phi) is 9.50. The summed E-state index contributed by atoms with van der Waals surface area (Å²) >= 11 is 0. The number of hydrogen-bond donors (Lipinski definition) is 3. The van der Waals surface area contributed by atoms with E-state index in [1.54, 1.807) is 25.3 Å². The van der Waals surface area contributed by atoms with Crippen LogP contribution in [0.4, 0.5) is 0 Å². The highest BCUT2D eigenvalue weighted by molar-refractivity contribution is 14.0. The monoisotopic (exact) mass is 473 g/mol. The molecule has 1 atom stereocenters. The molecule has 0 aliphatic rings. The van der Waals surface area contributed by atoms with E-state index >= 15 is 0 Å². The van der Waals surface area contributed by atoms with Crippen molar-refractivity contribution in [3.8, 4) is 5.75 Å². The SMILES string of the molecule is CCNC(=NCc1ccccc1OCC)NCC(C)(O)c1ccco1.I. The van der Waals surface area contributed by atoms with Gasteiger partial charge in [-0.2, -0.15) is 0 Å². The molecule has 0 aliphatic heterocycles. The number of aliphatic hydroxyl groups is 1. The Hall–Kier alpha value is -1.74. The van der Waals surface area contributed by atoms with Crippen LogP contribution in [0.5, 0.6) is 5.75 Å². The van der Waals surface area contributed by atoms with Gasteiger partial charge in [0.05, 0.1) is 26.0 Å². The van der Waals surface area contributed by atoms with E-state index in [2.05, 4.69) is 15.6 Å². The molecule has 0 radical (unpaired) electrons. The molecule has 144 valence electrons. The maximum Gasteiger partial charge on any atom is 0.191 e. The molecule has 2 aromatic rings. The minimum atomic E-state index is -1.12. The van der Waals surface area contributed by atoms with E-state index < -0.39 is 5.60 Å². The molecule has 3 N–H and O–H groups in total. The van der Waals surface area contributed by atoms with Crippen LogP contribution in [0.1, 0.15) is 32.1 Å². The third kappa shape index (κ3) is 6.53. The van der Waals surface area contributed by atoms with Crippen molar-refractivity contribution in [3.05, 3.63) is 54.0 Å². The summed E-state index contributed by atoms with van der Waals surface area (Å²) in [5, 5.41) is 16.9. The standard InChI is InChI=1S/C19H27N3O3.HI/c1-4-20-18(22-14-19(3,23)17-11-8-12-25-17)21-13-15-9-6-7-10-16(15)24-5-2;/h6-12,23H,4-5,13-14H2,1-3H3,(H2,20,21,22);1H. The molecule has 0 bridgehead atoms. The molecule has 7 heteroatoms. The number of para-hydroxylation sites is 1. The summed E-state index contributed by atoms with van der Waals surface area (Å²) in [6, 6.07) is 11.4. The minimum Gasteiger partial charge on any atom is -0.494 e. The largest absolute Gasteiger partial charge is 0.494 e. The van der Waals surface area contributed by atoms with E-state index in [0.717, 1.165) is 17.9 Å². The number of rotatable bonds is 8. The van der Waals surface area contributed by atoms with Crippen LogP contribution in [0, 0.1) is 0 Å². The van der Waals surface area contributed by atoms with Gasteiger partial charge < -0.3 is 24.9 Å². The van der Waals surface area contributed by atoms with Crippen LogP contribution in [0.25, 0.3) is 0 Å². The maximum absolute atomic E-state index is 10.5. The van der Waals surface area contributed by atoms with Crippen LogP contribution < -0.4 is 15.4 Å². The molecule has 1 aromatic carbocycles. The molecule has 1 heterocycles. The zero-order valence-corrected chi connectivity index (χ0v) is 17.8. The second-order valence-corrected chi connectivity index (χ2v) is 5.84. The number of halogens is 1. The number of hydrogen-bond acceptors (Lipinski definition) is 4. The molecule has 6 nitrogen and oxygen atoms in total. The minimum absolute atomic E-state index is 0. The second kappa shape index (κ2) is 11.1. The fourth-order valence-electron chi connectivity index (χ4n) is 2.36. The molecular formula is C19H28IN3O3. The summed E-state index contributed by atoms with van der Waals surface area (Å²) in [5.41, 5.74) is -0.109. The molecule has 0 fully saturated rings. The van der Waals surface area contributed by atoms with Gasteiger partial charge in [-0.05, 0) is 39.0 Å². The highest BCUT2D eigenvalue weighted by Gasteiger charge is 2.26. The van der Waals surface area contributed by atoms with E-state index in [4.69, 9.17) is 9.15 Å². The van der Waals surface area contributed by atoms with Crippen molar-refractivity contribution in [1.82, 2.24) is 10.6 Å². The molecule has 0 amide bonds. The third-order valence-electron chi connectivity index (χ3n) is 3.68. The average molecular weight is 473 g/mol. The first-order valence-electron chi connectivity index (χ1n) is 8.56. The third-order valence-corrected chi connectivity index (χ3v) is 3.68. The van der Waals surface area contributed by atoms with E-state index in [1.807, 2.05) is 38.1 Å². The number of benzene rings is 1. The summed E-state index contributed by atoms with van der Waals surface area (Å²) in [5.74, 6) is 1.98. The number of guanidine groups is 1. The van der Waals surface area contributed by atoms with E-state index in [-0.39, 0.29) is 30.5 Å². The molecule has 2 rings (SSSR count). The van der Waals surface area contributed by atoms with Gasteiger partial charge in [0.1, 0.15) is 17.1 Å². The topological polar surface area (TPSA) is 79.0 Å². The fourth-order valence-corrected chi connectivity index (χ4v) is 2.36. The Balaban J connectivity index is 0.00000338. The van der Waals surface area contributed by atoms with Crippen LogP contribution in [0.15, 0.2) is 52.1 Å². The van der Waals surface area contributed by atoms with Gasteiger partial charge in [0.2, 0.25) is 0 Å². The van der Waals surface area contributed by atoms with Gasteiger partial charge in [0.25, 0.3) is 0 Å². The molecular weight excluding hydrogens is 445 g/mol. The lowest BCUT2D eigenvalue weighted by Gasteiger charge is -2.22. The van der Waals surface area contributed by atoms with Gasteiger partial charge in [-0.1, -0.05) is 18.2 Å². The summed E-state index contributed by atoms with van der Waals surface area (Å²) in [6.45, 7) is 7.76. The molecule has 1 aromatic heterocycles. The van der Waals surface area contributed by atoms with Crippen molar-refractivity contribution >= 4 is 29.9 Å². The van der Waals surface area contributed by atoms with E-state index in [0.29, 0.717) is 24.9 Å². The maximum atomic E-state index is 10.5. The molecule has 0 spiro atoms. The zero-order valence-electron chi connectivity index (χ0n) is 15.5. The summed E-state index contributed by atoms with van der Waals surface area (Å²) in [6.07, 6.45) is 1.55. The van der Waals surface area contributed by atoms with Crippen molar-refractivity contribution in [2.75, 3.05) is 19.7 Å². The summed E-state index contributed by atoms with van der Waals surface area (Å²) in [4.78, 5) is 4.58. The van der Waals surface area contributed by atoms with Gasteiger partial charge in [0, 0.05) is 12.1 Å². The highest BCUT2D eigenvalue weighted by atomic mass is 127. The predicted molar refractivity (Wildman–Crippen MR) is 114 cm³/mol. The quantitative estimate of drug-likeness (QED) is 0.312. The number of nitrogens with zero attached hydrogens (tertiary/aromatic N) is 1. The lowest BCUT2D eigenvalue weighted by Crippen LogP contribution is -2.44. The molecule has 1 unspecified atom stereocenters. The lowest BCUT2D eigenvalue weighted by molar-refractivity contribution is 0.0386. The first-order valence-corrected chi connectivity index (χ1v) is 8.56. The Labute approximate surface area is 172 Å². The Morgan fingerprint density at radius 3 is 2.62 bits per heavy atom. The Bertz CT molecular complexity index is 672. The number of ether oxygens (including phenoxy) is 1. The summed E-state index contributed by atoms with van der Waals surface area (Å²) in [7, 11) is 0.